The molecule has 1 heterocycles. The highest BCUT2D eigenvalue weighted by Gasteiger charge is 2.36. The van der Waals surface area contributed by atoms with Crippen molar-refractivity contribution in [3.8, 4) is 6.07 Å². The number of ether oxygens (including phenoxy) is 2. The Kier molecular flexibility index (Phi) is 7.81. The minimum atomic E-state index is -0.584. The van der Waals surface area contributed by atoms with Gasteiger partial charge in [0.2, 0.25) is 5.88 Å². The van der Waals surface area contributed by atoms with Crippen molar-refractivity contribution in [2.75, 3.05) is 12.4 Å². The van der Waals surface area contributed by atoms with E-state index in [4.69, 9.17) is 15.2 Å². The molecule has 0 amide bonds. The molecular weight excluding hydrogens is 360 g/mol. The van der Waals surface area contributed by atoms with E-state index in [-0.39, 0.29) is 18.1 Å². The van der Waals surface area contributed by atoms with Crippen LogP contribution in [-0.4, -0.2) is 18.3 Å². The van der Waals surface area contributed by atoms with Crippen molar-refractivity contribution in [1.29, 1.82) is 5.26 Å². The highest BCUT2D eigenvalue weighted by molar-refractivity contribution is 7.99. The minimum Gasteiger partial charge on any atom is -0.463 e. The second kappa shape index (κ2) is 10.1. The van der Waals surface area contributed by atoms with Gasteiger partial charge in [-0.05, 0) is 43.7 Å². The molecule has 1 aliphatic rings. The summed E-state index contributed by atoms with van der Waals surface area (Å²) < 4.78 is 10.7. The van der Waals surface area contributed by atoms with Gasteiger partial charge >= 0.3 is 5.97 Å². The number of nitrogens with two attached hydrogens (primary N) is 1. The van der Waals surface area contributed by atoms with E-state index < -0.39 is 11.9 Å². The molecule has 0 spiro atoms. The number of nitriles is 1. The van der Waals surface area contributed by atoms with E-state index in [1.807, 2.05) is 24.3 Å². The number of hydrogen-bond donors (Lipinski definition) is 1. The number of carbonyl (C=O) groups excluding carboxylic acids is 1. The lowest BCUT2D eigenvalue weighted by atomic mass is 9.83. The van der Waals surface area contributed by atoms with Gasteiger partial charge in [0.25, 0.3) is 0 Å². The van der Waals surface area contributed by atoms with Crippen LogP contribution >= 0.6 is 11.8 Å². The quantitative estimate of drug-likeness (QED) is 0.399. The second-order valence-electron chi connectivity index (χ2n) is 6.24. The van der Waals surface area contributed by atoms with Crippen LogP contribution in [0.15, 0.2) is 51.9 Å². The van der Waals surface area contributed by atoms with Gasteiger partial charge in [-0.3, -0.25) is 0 Å². The molecule has 1 atom stereocenters. The first-order valence-corrected chi connectivity index (χ1v) is 10.2. The molecule has 1 unspecified atom stereocenters. The maximum Gasteiger partial charge on any atom is 0.338 e. The van der Waals surface area contributed by atoms with E-state index in [2.05, 4.69) is 13.0 Å². The van der Waals surface area contributed by atoms with Crippen LogP contribution in [-0.2, 0) is 14.3 Å². The lowest BCUT2D eigenvalue weighted by Gasteiger charge is -2.27. The summed E-state index contributed by atoms with van der Waals surface area (Å²) in [5, 5.41) is 9.63. The van der Waals surface area contributed by atoms with E-state index in [0.29, 0.717) is 11.3 Å². The van der Waals surface area contributed by atoms with E-state index in [9.17, 15) is 10.1 Å². The summed E-state index contributed by atoms with van der Waals surface area (Å²) in [6.45, 7) is 5.85. The average Bonchev–Trinajstić information content (AvgIpc) is 2.65. The topological polar surface area (TPSA) is 85.3 Å². The van der Waals surface area contributed by atoms with Gasteiger partial charge in [0.15, 0.2) is 0 Å². The number of unbranched alkanes of at least 4 members (excludes halogenated alkanes) is 2. The normalized spacial score (nSPS) is 16.7. The maximum atomic E-state index is 12.6. The van der Waals surface area contributed by atoms with E-state index in [1.165, 1.54) is 12.8 Å². The van der Waals surface area contributed by atoms with Gasteiger partial charge in [0, 0.05) is 4.90 Å². The number of nitrogens with zero attached hydrogens (tertiary/aromatic N) is 1. The predicted octanol–water partition coefficient (Wildman–Crippen LogP) is 4.61. The van der Waals surface area contributed by atoms with Crippen LogP contribution < -0.4 is 5.73 Å². The molecule has 2 N–H and O–H groups in total. The number of thioether (sulfide) groups is 1. The summed E-state index contributed by atoms with van der Waals surface area (Å²) in [5.74, 6) is 0.374. The molecule has 1 aromatic carbocycles. The predicted molar refractivity (Wildman–Crippen MR) is 107 cm³/mol. The molecule has 0 saturated carbocycles. The van der Waals surface area contributed by atoms with Crippen LogP contribution in [0.2, 0.25) is 0 Å². The minimum absolute atomic E-state index is 0.0362. The summed E-state index contributed by atoms with van der Waals surface area (Å²) >= 11 is 1.78. The van der Waals surface area contributed by atoms with Crippen LogP contribution in [0.4, 0.5) is 0 Å². The molecule has 0 aliphatic carbocycles. The van der Waals surface area contributed by atoms with Crippen molar-refractivity contribution in [2.45, 2.75) is 50.8 Å². The Bertz CT molecular complexity index is 793. The fraction of sp³-hybridized carbons (Fsp3) is 0.429. The number of rotatable bonds is 8. The van der Waals surface area contributed by atoms with Gasteiger partial charge in [0.1, 0.15) is 17.4 Å². The highest BCUT2D eigenvalue weighted by atomic mass is 32.2. The molecule has 2 rings (SSSR count). The number of benzene rings is 1. The Morgan fingerprint density at radius 1 is 1.37 bits per heavy atom. The summed E-state index contributed by atoms with van der Waals surface area (Å²) in [5.41, 5.74) is 7.34. The molecule has 0 aromatic heterocycles. The van der Waals surface area contributed by atoms with Crippen LogP contribution in [0.5, 0.6) is 0 Å². The number of hydrogen-bond acceptors (Lipinski definition) is 6. The largest absolute Gasteiger partial charge is 0.463 e. The summed E-state index contributed by atoms with van der Waals surface area (Å²) in [7, 11) is 0. The summed E-state index contributed by atoms with van der Waals surface area (Å²) in [6.07, 6.45) is 3.55. The average molecular weight is 387 g/mol. The Labute approximate surface area is 165 Å². The molecular formula is C21H26N2O3S. The SMILES string of the molecule is CCCCCSc1cccc(C2C(C#N)=C(N)OC(C)=C2C(=O)OCC)c1. The van der Waals surface area contributed by atoms with Crippen molar-refractivity contribution in [1.82, 2.24) is 0 Å². The molecule has 0 fully saturated rings. The number of esters is 1. The van der Waals surface area contributed by atoms with Gasteiger partial charge in [-0.15, -0.1) is 11.8 Å². The first-order valence-electron chi connectivity index (χ1n) is 9.21. The molecule has 6 heteroatoms. The van der Waals surface area contributed by atoms with Gasteiger partial charge in [0.05, 0.1) is 18.1 Å². The molecule has 27 heavy (non-hydrogen) atoms. The summed E-state index contributed by atoms with van der Waals surface area (Å²) in [4.78, 5) is 13.7. The fourth-order valence-corrected chi connectivity index (χ4v) is 3.99. The zero-order chi connectivity index (χ0) is 19.8. The first-order chi connectivity index (χ1) is 13.0. The van der Waals surface area contributed by atoms with Crippen molar-refractivity contribution in [2.24, 2.45) is 5.73 Å². The molecule has 1 aliphatic heterocycles. The third-order valence-corrected chi connectivity index (χ3v) is 5.39. The smallest absolute Gasteiger partial charge is 0.338 e. The van der Waals surface area contributed by atoms with Crippen molar-refractivity contribution >= 4 is 17.7 Å². The molecule has 0 radical (unpaired) electrons. The molecule has 0 bridgehead atoms. The first kappa shape index (κ1) is 20.9. The van der Waals surface area contributed by atoms with Gasteiger partial charge in [-0.25, -0.2) is 4.79 Å². The van der Waals surface area contributed by atoms with Crippen LogP contribution in [0.25, 0.3) is 0 Å². The van der Waals surface area contributed by atoms with E-state index in [0.717, 1.165) is 22.6 Å². The fourth-order valence-electron chi connectivity index (χ4n) is 3.01. The second-order valence-corrected chi connectivity index (χ2v) is 7.41. The number of allylic oxidation sites excluding steroid dienone is 2. The van der Waals surface area contributed by atoms with Crippen molar-refractivity contribution in [3.05, 3.63) is 52.6 Å². The molecule has 0 saturated heterocycles. The van der Waals surface area contributed by atoms with E-state index >= 15 is 0 Å². The lowest BCUT2D eigenvalue weighted by Crippen LogP contribution is -2.25. The zero-order valence-electron chi connectivity index (χ0n) is 16.1. The molecule has 1 aromatic rings. The van der Waals surface area contributed by atoms with Gasteiger partial charge < -0.3 is 15.2 Å². The Morgan fingerprint density at radius 3 is 2.81 bits per heavy atom. The third kappa shape index (κ3) is 5.08. The van der Waals surface area contributed by atoms with Crippen LogP contribution in [0, 0.1) is 11.3 Å². The van der Waals surface area contributed by atoms with Crippen molar-refractivity contribution < 1.29 is 14.3 Å². The van der Waals surface area contributed by atoms with Crippen LogP contribution in [0.3, 0.4) is 0 Å². The monoisotopic (exact) mass is 386 g/mol. The van der Waals surface area contributed by atoms with Crippen LogP contribution in [0.1, 0.15) is 51.5 Å². The Hall–Kier alpha value is -2.39. The van der Waals surface area contributed by atoms with Gasteiger partial charge in [-0.2, -0.15) is 5.26 Å². The zero-order valence-corrected chi connectivity index (χ0v) is 16.9. The number of carbonyl (C=O) groups is 1. The third-order valence-electron chi connectivity index (χ3n) is 4.31. The maximum absolute atomic E-state index is 12.6. The van der Waals surface area contributed by atoms with Gasteiger partial charge in [-0.1, -0.05) is 31.9 Å². The molecule has 144 valence electrons. The Balaban J connectivity index is 2.39. The molecule has 5 nitrogen and oxygen atoms in total. The lowest BCUT2D eigenvalue weighted by molar-refractivity contribution is -0.139. The Morgan fingerprint density at radius 2 is 2.15 bits per heavy atom. The van der Waals surface area contributed by atoms with E-state index in [1.54, 1.807) is 25.6 Å². The highest BCUT2D eigenvalue weighted by Crippen LogP contribution is 2.40. The van der Waals surface area contributed by atoms with Crippen molar-refractivity contribution in [3.63, 3.8) is 0 Å². The summed E-state index contributed by atoms with van der Waals surface area (Å²) in [6, 6.07) is 10.0. The standard InChI is InChI=1S/C21H26N2O3S/c1-4-6-7-11-27-16-10-8-9-15(12-16)19-17(13-22)20(23)26-14(3)18(19)21(24)25-5-2/h8-10,12,19H,4-7,11,23H2,1-3H3.